The summed E-state index contributed by atoms with van der Waals surface area (Å²) in [6.45, 7) is 40.6. The molecule has 2 amide bonds. The number of carbonyl (C=O) groups excluding carboxylic acids is 8. The number of aliphatic hydroxyl groups excluding tert-OH is 2. The number of hydroxylamine groups is 2. The number of carboxylic acids is 1. The van der Waals surface area contributed by atoms with E-state index < -0.39 is 68.2 Å². The molecule has 3 heterocycles. The van der Waals surface area contributed by atoms with Crippen LogP contribution in [-0.4, -0.2) is 255 Å². The van der Waals surface area contributed by atoms with Crippen molar-refractivity contribution in [2.75, 3.05) is 132 Å². The molecule has 2 unspecified atom stereocenters. The van der Waals surface area contributed by atoms with Gasteiger partial charge in [0, 0.05) is 71.9 Å². The van der Waals surface area contributed by atoms with Gasteiger partial charge < -0.3 is 91.2 Å². The van der Waals surface area contributed by atoms with Crippen LogP contribution in [0.1, 0.15) is 242 Å². The molecule has 3 rings (SSSR count). The molecule has 0 aromatic heterocycles. The van der Waals surface area contributed by atoms with E-state index in [0.29, 0.717) is 70.6 Å². The van der Waals surface area contributed by atoms with Crippen LogP contribution in [0.4, 0.5) is 0 Å². The largest absolute Gasteiger partial charge is 0.481 e. The summed E-state index contributed by atoms with van der Waals surface area (Å²) in [5.74, 6) is -3.91. The number of nitrogens with zero attached hydrogens (tertiary/aromatic N) is 1. The summed E-state index contributed by atoms with van der Waals surface area (Å²) in [6.07, 6.45) is 12.3. The van der Waals surface area contributed by atoms with Crippen LogP contribution >= 0.6 is 0 Å². The topological polar surface area (TPSA) is 409 Å². The SMILES string of the molecule is C.CC(C)(C)OC(=O)COCCO.CC(C)(C)OC(=O)COCCOC1CCCCO1.CC(C)(C)OC(=O)COCCOS(C)(=O)=O.CCC(=O)OC(C)(C)C.CCCOCC(=O)OC(C)(C)C.CCCOCCCC(=O)O.CCCOCCCC(=O)ON1C(=O)CCC1=O.OCCOC1CCCCO1. The fourth-order valence-corrected chi connectivity index (χ4v) is 7.39. The third kappa shape index (κ3) is 93.0. The number of aliphatic hydroxyl groups is 2. The van der Waals surface area contributed by atoms with Gasteiger partial charge in [-0.15, -0.1) is 5.06 Å². The van der Waals surface area contributed by atoms with Crippen molar-refractivity contribution in [2.24, 2.45) is 0 Å². The van der Waals surface area contributed by atoms with Crippen LogP contribution < -0.4 is 0 Å². The summed E-state index contributed by atoms with van der Waals surface area (Å²) >= 11 is 0. The Morgan fingerprint density at radius 1 is 0.438 bits per heavy atom. The number of esters is 5. The first-order valence-corrected chi connectivity index (χ1v) is 37.5. The number of rotatable bonds is 37. The summed E-state index contributed by atoms with van der Waals surface area (Å²) in [5, 5.41) is 25.5. The van der Waals surface area contributed by atoms with Crippen LogP contribution in [0.2, 0.25) is 0 Å². The lowest BCUT2D eigenvalue weighted by molar-refractivity contribution is -0.197. The second-order valence-electron chi connectivity index (χ2n) is 27.7. The van der Waals surface area contributed by atoms with E-state index in [1.54, 1.807) is 48.5 Å². The molecular weight excluding hydrogens is 1410 g/mol. The van der Waals surface area contributed by atoms with Crippen molar-refractivity contribution in [3.8, 4) is 0 Å². The second-order valence-corrected chi connectivity index (χ2v) is 29.3. The van der Waals surface area contributed by atoms with Gasteiger partial charge in [0.1, 0.15) is 54.4 Å². The first-order valence-electron chi connectivity index (χ1n) is 35.7. The molecular formula is C72H139NO31S. The van der Waals surface area contributed by atoms with E-state index in [0.717, 1.165) is 77.4 Å². The van der Waals surface area contributed by atoms with Crippen LogP contribution in [0.5, 0.6) is 0 Å². The maximum atomic E-state index is 11.3. The van der Waals surface area contributed by atoms with E-state index in [9.17, 15) is 51.6 Å². The lowest BCUT2D eigenvalue weighted by Gasteiger charge is -2.22. The molecule has 0 aliphatic carbocycles. The van der Waals surface area contributed by atoms with Crippen molar-refractivity contribution < 1.29 is 147 Å². The van der Waals surface area contributed by atoms with Gasteiger partial charge in [-0.05, 0) is 174 Å². The van der Waals surface area contributed by atoms with Crippen molar-refractivity contribution in [1.29, 1.82) is 0 Å². The maximum Gasteiger partial charge on any atom is 0.333 e. The van der Waals surface area contributed by atoms with Gasteiger partial charge in [0.15, 0.2) is 12.6 Å². The van der Waals surface area contributed by atoms with Gasteiger partial charge in [-0.25, -0.2) is 24.0 Å². The summed E-state index contributed by atoms with van der Waals surface area (Å²) in [5.41, 5.74) is -2.23. The Balaban J connectivity index is -0.000000269. The number of aliphatic carboxylic acids is 1. The number of hydrogen-bond acceptors (Lipinski definition) is 30. The van der Waals surface area contributed by atoms with Gasteiger partial charge in [-0.3, -0.25) is 23.4 Å². The van der Waals surface area contributed by atoms with Gasteiger partial charge >= 0.3 is 41.8 Å². The first-order chi connectivity index (χ1) is 48.3. The van der Waals surface area contributed by atoms with Crippen molar-refractivity contribution in [2.45, 2.75) is 282 Å². The maximum absolute atomic E-state index is 11.3. The van der Waals surface area contributed by atoms with Gasteiger partial charge in [0.05, 0.1) is 65.5 Å². The molecule has 0 aromatic carbocycles. The second kappa shape index (κ2) is 67.0. The fraction of sp³-hybridized carbons (Fsp3) is 0.875. The summed E-state index contributed by atoms with van der Waals surface area (Å²) in [7, 11) is -3.45. The number of carbonyl (C=O) groups is 9. The Kier molecular flexibility index (Phi) is 70.7. The van der Waals surface area contributed by atoms with Crippen molar-refractivity contribution in [3.05, 3.63) is 0 Å². The van der Waals surface area contributed by atoms with Crippen LogP contribution in [0.15, 0.2) is 0 Å². The number of amides is 2. The number of ether oxygens (including phenoxy) is 15. The highest BCUT2D eigenvalue weighted by Crippen LogP contribution is 2.16. The minimum absolute atomic E-state index is 0. The molecule has 0 radical (unpaired) electrons. The van der Waals surface area contributed by atoms with Crippen LogP contribution in [0, 0.1) is 0 Å². The van der Waals surface area contributed by atoms with Crippen molar-refractivity contribution in [1.82, 2.24) is 5.06 Å². The van der Waals surface area contributed by atoms with E-state index >= 15 is 0 Å². The molecule has 105 heavy (non-hydrogen) atoms. The van der Waals surface area contributed by atoms with E-state index in [1.807, 2.05) is 83.1 Å². The lowest BCUT2D eigenvalue weighted by Crippen LogP contribution is -2.32. The zero-order valence-corrected chi connectivity index (χ0v) is 67.3. The van der Waals surface area contributed by atoms with Crippen molar-refractivity contribution >= 4 is 63.7 Å². The molecule has 624 valence electrons. The molecule has 32 nitrogen and oxygen atoms in total. The normalized spacial score (nSPS) is 15.0. The zero-order valence-electron chi connectivity index (χ0n) is 66.5. The Morgan fingerprint density at radius 3 is 1.09 bits per heavy atom. The third-order valence-corrected chi connectivity index (χ3v) is 11.4. The predicted molar refractivity (Wildman–Crippen MR) is 389 cm³/mol. The molecule has 0 saturated carbocycles. The fourth-order valence-electron chi connectivity index (χ4n) is 7.02. The monoisotopic (exact) mass is 1550 g/mol. The van der Waals surface area contributed by atoms with Gasteiger partial charge in [-0.2, -0.15) is 8.42 Å². The van der Waals surface area contributed by atoms with E-state index in [1.165, 1.54) is 6.42 Å². The molecule has 3 aliphatic rings. The first kappa shape index (κ1) is 111. The number of carboxylic acid groups (broad SMARTS) is 1. The highest BCUT2D eigenvalue weighted by molar-refractivity contribution is 7.86. The summed E-state index contributed by atoms with van der Waals surface area (Å²) in [4.78, 5) is 103. The average Bonchev–Trinajstić information content (AvgIpc) is 1.73. The van der Waals surface area contributed by atoms with E-state index in [4.69, 9.17) is 86.4 Å². The molecule has 33 heteroatoms. The molecule has 3 aliphatic heterocycles. The quantitative estimate of drug-likeness (QED) is 0.0171. The highest BCUT2D eigenvalue weighted by Gasteiger charge is 2.33. The van der Waals surface area contributed by atoms with Gasteiger partial charge in [0.2, 0.25) is 0 Å². The van der Waals surface area contributed by atoms with Crippen LogP contribution in [-0.2, 0) is 133 Å². The Morgan fingerprint density at radius 2 is 0.771 bits per heavy atom. The Hall–Kier alpha value is -5.14. The molecule has 0 aromatic rings. The van der Waals surface area contributed by atoms with E-state index in [2.05, 4.69) is 9.02 Å². The van der Waals surface area contributed by atoms with Crippen LogP contribution in [0.25, 0.3) is 0 Å². The molecule has 3 saturated heterocycles. The Labute approximate surface area is 627 Å². The molecule has 3 N–H and O–H groups in total. The van der Waals surface area contributed by atoms with Gasteiger partial charge in [0.25, 0.3) is 21.9 Å². The average molecular weight is 1550 g/mol. The number of hydrogen-bond donors (Lipinski definition) is 3. The zero-order chi connectivity index (χ0) is 80.7. The predicted octanol–water partition coefficient (Wildman–Crippen LogP) is 9.27. The molecule has 2 atom stereocenters. The highest BCUT2D eigenvalue weighted by atomic mass is 32.2. The molecule has 3 fully saturated rings. The van der Waals surface area contributed by atoms with Gasteiger partial charge in [-0.1, -0.05) is 35.1 Å². The van der Waals surface area contributed by atoms with E-state index in [-0.39, 0.29) is 129 Å². The third-order valence-electron chi connectivity index (χ3n) is 10.8. The number of imide groups is 1. The minimum atomic E-state index is -3.45. The molecule has 0 spiro atoms. The minimum Gasteiger partial charge on any atom is -0.481 e. The Bertz CT molecular complexity index is 2280. The summed E-state index contributed by atoms with van der Waals surface area (Å²) < 4.78 is 102. The van der Waals surface area contributed by atoms with Crippen LogP contribution in [0.3, 0.4) is 0 Å². The lowest BCUT2D eigenvalue weighted by atomic mass is 10.2. The standard InChI is InChI=1S/C13H24O5.C11H17NO5.C9H18O6S.C9H18O3.C8H16O4.2C7H14O3.C7H14O2.CH4/c1-13(2,3)18-11(14)10-15-8-9-17-12-6-4-5-7-16-12;1-2-7-16-8-3-4-11(15)17-12-9(13)5-6-10(12)14;1-9(2,3)15-8(10)7-13-5-6-14-16(4,11)12;1-5-6-11-7-8(10)12-9(2,3)4;1-8(2,3)12-7(10)6-11-5-4-9;8-4-6-10-7-3-1-2-5-9-7;1-2-5-10-6-3-4-7(8)9;1-5-6(8)9-7(2,3)4;/h12H,4-10H2,1-3H3;2-8H2,1H3;5-7H2,1-4H3;5-7H2,1-4H3;9H,4-6H2,1-3H3;7-8H,1-6H2;2-6H2,1H3,(H,8,9);5H2,1-4H3;1H4. The molecule has 0 bridgehead atoms. The summed E-state index contributed by atoms with van der Waals surface area (Å²) in [6, 6.07) is 0. The van der Waals surface area contributed by atoms with Crippen molar-refractivity contribution in [3.63, 3.8) is 0 Å². The smallest absolute Gasteiger partial charge is 0.333 e.